The zero-order valence-electron chi connectivity index (χ0n) is 14.9. The standard InChI is InChI=1S/C18H20ClN5O2/c1-18(2,3)12-24(16-8-9-21-15(10-20)22-16)23-17(25)26-11-13-6-4-5-7-14(13)19/h4-9H,11-12H2,1-3H3,(H,23,25). The molecule has 8 heteroatoms. The number of nitrogens with zero attached hydrogens (tertiary/aromatic N) is 4. The van der Waals surface area contributed by atoms with Gasteiger partial charge in [-0.2, -0.15) is 10.2 Å². The molecule has 136 valence electrons. The molecule has 0 unspecified atom stereocenters. The van der Waals surface area contributed by atoms with Crippen LogP contribution in [0.1, 0.15) is 32.2 Å². The SMILES string of the molecule is CC(C)(C)CN(NC(=O)OCc1ccccc1Cl)c1ccnc(C#N)n1. The molecule has 0 fully saturated rings. The van der Waals surface area contributed by atoms with Crippen molar-refractivity contribution in [3.63, 3.8) is 0 Å². The van der Waals surface area contributed by atoms with Crippen LogP contribution < -0.4 is 10.4 Å². The Morgan fingerprint density at radius 2 is 2.08 bits per heavy atom. The molecule has 1 aromatic heterocycles. The summed E-state index contributed by atoms with van der Waals surface area (Å²) in [6.45, 7) is 6.55. The van der Waals surface area contributed by atoms with Gasteiger partial charge in [-0.05, 0) is 11.5 Å². The molecule has 2 rings (SSSR count). The number of hydrogen-bond acceptors (Lipinski definition) is 6. The van der Waals surface area contributed by atoms with Crippen LogP contribution in [-0.2, 0) is 11.3 Å². The molecule has 1 N–H and O–H groups in total. The van der Waals surface area contributed by atoms with E-state index in [-0.39, 0.29) is 17.8 Å². The minimum absolute atomic E-state index is 0.0210. The molecule has 0 aliphatic carbocycles. The van der Waals surface area contributed by atoms with Crippen LogP contribution in [0.4, 0.5) is 10.6 Å². The van der Waals surface area contributed by atoms with Crippen molar-refractivity contribution in [3.8, 4) is 6.07 Å². The van der Waals surface area contributed by atoms with Crippen LogP contribution in [0.25, 0.3) is 0 Å². The molecule has 0 radical (unpaired) electrons. The molecule has 7 nitrogen and oxygen atoms in total. The molecule has 1 heterocycles. The van der Waals surface area contributed by atoms with Crippen LogP contribution in [-0.4, -0.2) is 22.6 Å². The average molecular weight is 374 g/mol. The normalized spacial score (nSPS) is 10.7. The summed E-state index contributed by atoms with van der Waals surface area (Å²) in [7, 11) is 0. The van der Waals surface area contributed by atoms with Gasteiger partial charge in [0.2, 0.25) is 5.82 Å². The summed E-state index contributed by atoms with van der Waals surface area (Å²) < 4.78 is 5.25. The lowest BCUT2D eigenvalue weighted by Crippen LogP contribution is -2.47. The first-order valence-corrected chi connectivity index (χ1v) is 8.34. The summed E-state index contributed by atoms with van der Waals surface area (Å²) in [4.78, 5) is 20.2. The maximum Gasteiger partial charge on any atom is 0.426 e. The summed E-state index contributed by atoms with van der Waals surface area (Å²) in [5, 5.41) is 11.0. The third-order valence-electron chi connectivity index (χ3n) is 3.19. The van der Waals surface area contributed by atoms with Gasteiger partial charge in [-0.3, -0.25) is 5.01 Å². The Labute approximate surface area is 157 Å². The number of benzene rings is 1. The highest BCUT2D eigenvalue weighted by Crippen LogP contribution is 2.19. The smallest absolute Gasteiger partial charge is 0.426 e. The van der Waals surface area contributed by atoms with E-state index in [0.29, 0.717) is 22.9 Å². The van der Waals surface area contributed by atoms with E-state index in [9.17, 15) is 4.79 Å². The number of aromatic nitrogens is 2. The van der Waals surface area contributed by atoms with Gasteiger partial charge in [0.05, 0.1) is 0 Å². The Balaban J connectivity index is 2.09. The van der Waals surface area contributed by atoms with Crippen LogP contribution in [0, 0.1) is 16.7 Å². The highest BCUT2D eigenvalue weighted by atomic mass is 35.5. The van der Waals surface area contributed by atoms with E-state index in [1.807, 2.05) is 32.9 Å². The number of nitrogens with one attached hydrogen (secondary N) is 1. The fourth-order valence-electron chi connectivity index (χ4n) is 2.11. The third kappa shape index (κ3) is 5.90. The van der Waals surface area contributed by atoms with Crippen molar-refractivity contribution in [1.29, 1.82) is 5.26 Å². The lowest BCUT2D eigenvalue weighted by atomic mass is 9.97. The molecule has 1 aromatic carbocycles. The van der Waals surface area contributed by atoms with Gasteiger partial charge in [0, 0.05) is 29.4 Å². The van der Waals surface area contributed by atoms with E-state index in [2.05, 4.69) is 15.4 Å². The Morgan fingerprint density at radius 1 is 1.35 bits per heavy atom. The molecule has 0 aliphatic heterocycles. The number of carbonyl (C=O) groups excluding carboxylic acids is 1. The minimum Gasteiger partial charge on any atom is -0.443 e. The monoisotopic (exact) mass is 373 g/mol. The number of ether oxygens (including phenoxy) is 1. The minimum atomic E-state index is -0.647. The number of carbonyl (C=O) groups is 1. The number of anilines is 1. The molecule has 1 amide bonds. The predicted molar refractivity (Wildman–Crippen MR) is 98.3 cm³/mol. The number of halogens is 1. The zero-order valence-corrected chi connectivity index (χ0v) is 15.6. The summed E-state index contributed by atoms with van der Waals surface area (Å²) in [6.07, 6.45) is 0.819. The predicted octanol–water partition coefficient (Wildman–Crippen LogP) is 3.70. The van der Waals surface area contributed by atoms with Crippen molar-refractivity contribution in [3.05, 3.63) is 52.9 Å². The van der Waals surface area contributed by atoms with Gasteiger partial charge in [-0.25, -0.2) is 15.2 Å². The lowest BCUT2D eigenvalue weighted by Gasteiger charge is -2.30. The van der Waals surface area contributed by atoms with Gasteiger partial charge < -0.3 is 4.74 Å². The lowest BCUT2D eigenvalue weighted by molar-refractivity contribution is 0.137. The van der Waals surface area contributed by atoms with Crippen LogP contribution in [0.2, 0.25) is 5.02 Å². The number of nitriles is 1. The quantitative estimate of drug-likeness (QED) is 0.803. The van der Waals surface area contributed by atoms with E-state index < -0.39 is 6.09 Å². The van der Waals surface area contributed by atoms with Gasteiger partial charge in [0.15, 0.2) is 5.82 Å². The van der Waals surface area contributed by atoms with Crippen LogP contribution in [0.15, 0.2) is 36.5 Å². The molecule has 0 spiro atoms. The highest BCUT2D eigenvalue weighted by Gasteiger charge is 2.21. The molecule has 0 saturated carbocycles. The Kier molecular flexibility index (Phi) is 6.36. The van der Waals surface area contributed by atoms with Gasteiger partial charge in [-0.15, -0.1) is 0 Å². The van der Waals surface area contributed by atoms with E-state index >= 15 is 0 Å². The molecular formula is C18H20ClN5O2. The molecule has 0 aliphatic rings. The summed E-state index contributed by atoms with van der Waals surface area (Å²) >= 11 is 6.06. The zero-order chi connectivity index (χ0) is 19.2. The topological polar surface area (TPSA) is 91.1 Å². The molecule has 26 heavy (non-hydrogen) atoms. The Hall–Kier alpha value is -2.85. The van der Waals surface area contributed by atoms with Gasteiger partial charge in [0.25, 0.3) is 0 Å². The van der Waals surface area contributed by atoms with Crippen LogP contribution >= 0.6 is 11.6 Å². The van der Waals surface area contributed by atoms with Gasteiger partial charge >= 0.3 is 6.09 Å². The molecule has 0 saturated heterocycles. The van der Waals surface area contributed by atoms with Crippen molar-refractivity contribution in [2.45, 2.75) is 27.4 Å². The second-order valence-corrected chi connectivity index (χ2v) is 7.18. The summed E-state index contributed by atoms with van der Waals surface area (Å²) in [6, 6.07) is 10.6. The molecule has 0 atom stereocenters. The van der Waals surface area contributed by atoms with Crippen LogP contribution in [0.5, 0.6) is 0 Å². The van der Waals surface area contributed by atoms with Crippen molar-refractivity contribution in [1.82, 2.24) is 15.4 Å². The maximum absolute atomic E-state index is 12.2. The first-order valence-electron chi connectivity index (χ1n) is 7.96. The fourth-order valence-corrected chi connectivity index (χ4v) is 2.30. The van der Waals surface area contributed by atoms with E-state index in [1.54, 1.807) is 24.3 Å². The molecular weight excluding hydrogens is 354 g/mol. The van der Waals surface area contributed by atoms with E-state index in [4.69, 9.17) is 21.6 Å². The van der Waals surface area contributed by atoms with E-state index in [1.165, 1.54) is 11.2 Å². The molecule has 0 bridgehead atoms. The van der Waals surface area contributed by atoms with Crippen molar-refractivity contribution in [2.24, 2.45) is 5.41 Å². The van der Waals surface area contributed by atoms with Crippen molar-refractivity contribution >= 4 is 23.5 Å². The fraction of sp³-hybridized carbons (Fsp3) is 0.333. The largest absolute Gasteiger partial charge is 0.443 e. The number of hydrogen-bond donors (Lipinski definition) is 1. The Bertz CT molecular complexity index is 814. The van der Waals surface area contributed by atoms with Crippen molar-refractivity contribution in [2.75, 3.05) is 11.6 Å². The summed E-state index contributed by atoms with van der Waals surface area (Å²) in [5.41, 5.74) is 3.22. The van der Waals surface area contributed by atoms with Crippen molar-refractivity contribution < 1.29 is 9.53 Å². The molecule has 2 aromatic rings. The second kappa shape index (κ2) is 8.50. The maximum atomic E-state index is 12.2. The van der Waals surface area contributed by atoms with Crippen LogP contribution in [0.3, 0.4) is 0 Å². The first kappa shape index (κ1) is 19.5. The second-order valence-electron chi connectivity index (χ2n) is 6.78. The third-order valence-corrected chi connectivity index (χ3v) is 3.56. The van der Waals surface area contributed by atoms with Gasteiger partial charge in [-0.1, -0.05) is 50.6 Å². The summed E-state index contributed by atoms with van der Waals surface area (Å²) in [5.74, 6) is 0.425. The Morgan fingerprint density at radius 3 is 2.73 bits per heavy atom. The first-order chi connectivity index (χ1) is 12.3. The van der Waals surface area contributed by atoms with E-state index in [0.717, 1.165) is 0 Å². The number of rotatable bonds is 5. The highest BCUT2D eigenvalue weighted by molar-refractivity contribution is 6.31. The average Bonchev–Trinajstić information content (AvgIpc) is 2.59. The van der Waals surface area contributed by atoms with Gasteiger partial charge in [0.1, 0.15) is 12.7 Å². The number of amides is 1. The number of hydrazine groups is 1.